The zero-order chi connectivity index (χ0) is 29.1. The first kappa shape index (κ1) is 28.9. The Bertz CT molecular complexity index is 1410. The zero-order valence-electron chi connectivity index (χ0n) is 20.4. The molecule has 3 aromatic rings. The van der Waals surface area contributed by atoms with Crippen LogP contribution in [0.25, 0.3) is 11.6 Å². The Hall–Kier alpha value is -4.14. The molecule has 0 spiro atoms. The number of carbonyl (C=O) groups excluding carboxylic acids is 3. The fourth-order valence-electron chi connectivity index (χ4n) is 4.16. The molecule has 40 heavy (non-hydrogen) atoms. The smallest absolute Gasteiger partial charge is 0.416 e. The number of amides is 1. The Morgan fingerprint density at radius 3 is 2.38 bits per heavy atom. The Morgan fingerprint density at radius 1 is 1.00 bits per heavy atom. The minimum absolute atomic E-state index is 0.000574. The summed E-state index contributed by atoms with van der Waals surface area (Å²) in [6.07, 6.45) is -13.1. The molecule has 1 aliphatic heterocycles. The molecule has 1 aromatic carbocycles. The maximum absolute atomic E-state index is 14.7. The third kappa shape index (κ3) is 5.88. The summed E-state index contributed by atoms with van der Waals surface area (Å²) in [6.45, 7) is -0.541. The molecule has 212 valence electrons. The molecular weight excluding hydrogens is 550 g/mol. The molecule has 4 rings (SSSR count). The van der Waals surface area contributed by atoms with Crippen molar-refractivity contribution in [3.8, 4) is 11.6 Å². The topological polar surface area (TPSA) is 124 Å². The van der Waals surface area contributed by atoms with Crippen molar-refractivity contribution in [2.45, 2.75) is 56.7 Å². The molecule has 0 fully saturated rings. The second-order valence-electron chi connectivity index (χ2n) is 8.87. The molecule has 3 heterocycles. The largest absolute Gasteiger partial charge is 0.426 e. The van der Waals surface area contributed by atoms with Gasteiger partial charge in [-0.25, -0.2) is 4.98 Å². The molecule has 1 aliphatic rings. The molecule has 9 nitrogen and oxygen atoms in total. The zero-order valence-corrected chi connectivity index (χ0v) is 20.4. The minimum Gasteiger partial charge on any atom is -0.416 e. The van der Waals surface area contributed by atoms with Crippen molar-refractivity contribution in [3.63, 3.8) is 0 Å². The van der Waals surface area contributed by atoms with Crippen LogP contribution in [0.4, 0.5) is 32.0 Å². The van der Waals surface area contributed by atoms with Gasteiger partial charge < -0.3 is 14.5 Å². The van der Waals surface area contributed by atoms with Crippen molar-refractivity contribution in [1.29, 1.82) is 0 Å². The van der Waals surface area contributed by atoms with Crippen LogP contribution in [0.1, 0.15) is 59.6 Å². The van der Waals surface area contributed by atoms with Crippen molar-refractivity contribution in [2.75, 3.05) is 5.32 Å². The van der Waals surface area contributed by atoms with E-state index in [1.807, 2.05) is 5.32 Å². The standard InChI is InChI=1S/C25H20F6N4O5/c26-24(27,28)16-11-17(32-13-36)20-21-34-35-22(40-21)23(25(29,30)31,39-12-14-5-2-1-3-6-14)10-4-7-15(37)8-9-18(38)19(16)33-20/h1-3,5-6,11,13H,4,7-10,12H2,(H,32,36). The second-order valence-corrected chi connectivity index (χ2v) is 8.87. The van der Waals surface area contributed by atoms with Crippen molar-refractivity contribution >= 4 is 23.7 Å². The summed E-state index contributed by atoms with van der Waals surface area (Å²) in [4.78, 5) is 39.9. The predicted octanol–water partition coefficient (Wildman–Crippen LogP) is 5.41. The van der Waals surface area contributed by atoms with Crippen molar-refractivity contribution in [1.82, 2.24) is 15.2 Å². The number of carbonyl (C=O) groups is 3. The summed E-state index contributed by atoms with van der Waals surface area (Å²) in [5.41, 5.74) is -6.80. The number of aromatic nitrogens is 3. The van der Waals surface area contributed by atoms with Gasteiger partial charge in [-0.2, -0.15) is 26.3 Å². The number of fused-ring (bicyclic) bond motifs is 5. The summed E-state index contributed by atoms with van der Waals surface area (Å²) in [5.74, 6) is -3.69. The van der Waals surface area contributed by atoms with Gasteiger partial charge in [0.1, 0.15) is 11.5 Å². The van der Waals surface area contributed by atoms with E-state index in [2.05, 4.69) is 15.2 Å². The number of hydrogen-bond donors (Lipinski definition) is 1. The van der Waals surface area contributed by atoms with Gasteiger partial charge in [0.05, 0.1) is 17.9 Å². The number of rotatable bonds is 5. The minimum atomic E-state index is -5.15. The molecule has 1 amide bonds. The Kier molecular flexibility index (Phi) is 8.05. The molecule has 1 atom stereocenters. The summed E-state index contributed by atoms with van der Waals surface area (Å²) < 4.78 is 96.2. The van der Waals surface area contributed by atoms with Crippen LogP contribution in [0.3, 0.4) is 0 Å². The molecule has 1 N–H and O–H groups in total. The number of halogens is 6. The number of hydrogen-bond acceptors (Lipinski definition) is 8. The molecular formula is C25H20F6N4O5. The summed E-state index contributed by atoms with van der Waals surface area (Å²) >= 11 is 0. The summed E-state index contributed by atoms with van der Waals surface area (Å²) in [6, 6.07) is 8.26. The van der Waals surface area contributed by atoms with Gasteiger partial charge in [0.2, 0.25) is 12.0 Å². The molecule has 0 aliphatic carbocycles. The first-order chi connectivity index (χ1) is 18.9. The van der Waals surface area contributed by atoms with E-state index in [1.165, 1.54) is 12.1 Å². The average Bonchev–Trinajstić information content (AvgIpc) is 3.38. The van der Waals surface area contributed by atoms with Crippen molar-refractivity contribution in [2.24, 2.45) is 0 Å². The number of ether oxygens (including phenoxy) is 1. The number of alkyl halides is 6. The van der Waals surface area contributed by atoms with Crippen molar-refractivity contribution < 1.29 is 49.9 Å². The quantitative estimate of drug-likeness (QED) is 0.319. The number of anilines is 1. The SMILES string of the molecule is O=CNc1cc(C(F)(F)F)c2nc1-c1nnc(o1)C(OCc1ccccc1)(C(F)(F)F)CCCC(=O)CCC2=O. The van der Waals surface area contributed by atoms with Crippen LogP contribution in [0.15, 0.2) is 40.8 Å². The maximum atomic E-state index is 14.7. The second kappa shape index (κ2) is 11.2. The first-order valence-corrected chi connectivity index (χ1v) is 11.8. The van der Waals surface area contributed by atoms with Crippen LogP contribution < -0.4 is 5.32 Å². The van der Waals surface area contributed by atoms with Gasteiger partial charge >= 0.3 is 12.4 Å². The van der Waals surface area contributed by atoms with E-state index < -0.39 is 96.2 Å². The van der Waals surface area contributed by atoms with Crippen LogP contribution in [0, 0.1) is 0 Å². The number of pyridine rings is 1. The number of ketones is 2. The lowest BCUT2D eigenvalue weighted by Crippen LogP contribution is -2.45. The highest BCUT2D eigenvalue weighted by Gasteiger charge is 2.61. The average molecular weight is 570 g/mol. The predicted molar refractivity (Wildman–Crippen MR) is 124 cm³/mol. The molecule has 4 bridgehead atoms. The number of Topliss-reactive ketones (excluding diaryl/α,β-unsaturated/α-hetero) is 2. The van der Waals surface area contributed by atoms with E-state index >= 15 is 0 Å². The van der Waals surface area contributed by atoms with E-state index in [4.69, 9.17) is 9.15 Å². The van der Waals surface area contributed by atoms with Gasteiger partial charge in [0, 0.05) is 19.3 Å². The Balaban J connectivity index is 1.92. The monoisotopic (exact) mass is 570 g/mol. The molecule has 0 saturated heterocycles. The summed E-state index contributed by atoms with van der Waals surface area (Å²) in [5, 5.41) is 9.00. The Labute approximate surface area is 221 Å². The lowest BCUT2D eigenvalue weighted by molar-refractivity contribution is -0.300. The van der Waals surface area contributed by atoms with Crippen LogP contribution in [-0.2, 0) is 32.7 Å². The molecule has 15 heteroatoms. The number of nitrogens with one attached hydrogen (secondary N) is 1. The highest BCUT2D eigenvalue weighted by Crippen LogP contribution is 2.47. The van der Waals surface area contributed by atoms with E-state index in [0.29, 0.717) is 11.6 Å². The van der Waals surface area contributed by atoms with E-state index in [0.717, 1.165) is 0 Å². The highest BCUT2D eigenvalue weighted by molar-refractivity contribution is 5.99. The lowest BCUT2D eigenvalue weighted by Gasteiger charge is -2.32. The maximum Gasteiger partial charge on any atom is 0.426 e. The molecule has 0 saturated carbocycles. The molecule has 2 aromatic heterocycles. The normalized spacial score (nSPS) is 18.8. The third-order valence-corrected chi connectivity index (χ3v) is 6.18. The molecule has 1 unspecified atom stereocenters. The van der Waals surface area contributed by atoms with Crippen LogP contribution >= 0.6 is 0 Å². The van der Waals surface area contributed by atoms with E-state index in [-0.39, 0.29) is 12.8 Å². The van der Waals surface area contributed by atoms with Crippen LogP contribution in [-0.4, -0.2) is 39.3 Å². The first-order valence-electron chi connectivity index (χ1n) is 11.8. The fraction of sp³-hybridized carbons (Fsp3) is 0.360. The number of nitrogens with zero attached hydrogens (tertiary/aromatic N) is 3. The number of benzene rings is 1. The van der Waals surface area contributed by atoms with Gasteiger partial charge in [0.15, 0.2) is 11.5 Å². The van der Waals surface area contributed by atoms with Crippen LogP contribution in [0.2, 0.25) is 0 Å². The van der Waals surface area contributed by atoms with Gasteiger partial charge in [-0.3, -0.25) is 14.4 Å². The van der Waals surface area contributed by atoms with Crippen LogP contribution in [0.5, 0.6) is 0 Å². The van der Waals surface area contributed by atoms with Gasteiger partial charge in [0.25, 0.3) is 11.8 Å². The lowest BCUT2D eigenvalue weighted by atomic mass is 9.93. The third-order valence-electron chi connectivity index (χ3n) is 6.18. The van der Waals surface area contributed by atoms with Gasteiger partial charge in [-0.1, -0.05) is 30.3 Å². The molecule has 0 radical (unpaired) electrons. The Morgan fingerprint density at radius 2 is 1.73 bits per heavy atom. The van der Waals surface area contributed by atoms with Gasteiger partial charge in [-0.05, 0) is 24.5 Å². The van der Waals surface area contributed by atoms with Gasteiger partial charge in [-0.15, -0.1) is 10.2 Å². The van der Waals surface area contributed by atoms with E-state index in [1.54, 1.807) is 18.2 Å². The van der Waals surface area contributed by atoms with E-state index in [9.17, 15) is 40.7 Å². The fourth-order valence-corrected chi connectivity index (χ4v) is 4.16. The summed E-state index contributed by atoms with van der Waals surface area (Å²) in [7, 11) is 0. The highest BCUT2D eigenvalue weighted by atomic mass is 19.4. The van der Waals surface area contributed by atoms with Crippen molar-refractivity contribution in [3.05, 3.63) is 59.1 Å².